The number of carbonyl (C=O) groups is 2. The molecule has 1 N–H and O–H groups in total. The Bertz CT molecular complexity index is 1630. The maximum absolute atomic E-state index is 14.4. The number of hydrogen-bond donors (Lipinski definition) is 1. The highest BCUT2D eigenvalue weighted by atomic mass is 35.5. The minimum Gasteiger partial charge on any atom is -0.354 e. The fourth-order valence-electron chi connectivity index (χ4n) is 4.76. The molecule has 4 aromatic rings. The first-order chi connectivity index (χ1) is 20.7. The first-order valence-electron chi connectivity index (χ1n) is 14.2. The third-order valence-corrected chi connectivity index (χ3v) is 9.18. The smallest absolute Gasteiger partial charge is 0.264 e. The molecule has 4 aromatic carbocycles. The van der Waals surface area contributed by atoms with Gasteiger partial charge in [0.2, 0.25) is 11.8 Å². The highest BCUT2D eigenvalue weighted by molar-refractivity contribution is 7.92. The van der Waals surface area contributed by atoms with Crippen LogP contribution < -0.4 is 9.62 Å². The van der Waals surface area contributed by atoms with Crippen LogP contribution in [0.5, 0.6) is 0 Å². The Balaban J connectivity index is 1.80. The van der Waals surface area contributed by atoms with Gasteiger partial charge in [-0.15, -0.1) is 0 Å². The summed E-state index contributed by atoms with van der Waals surface area (Å²) in [7, 11) is -4.14. The van der Waals surface area contributed by atoms with Gasteiger partial charge in [0.1, 0.15) is 12.6 Å². The van der Waals surface area contributed by atoms with Gasteiger partial charge < -0.3 is 10.2 Å². The third-order valence-electron chi connectivity index (χ3n) is 7.02. The van der Waals surface area contributed by atoms with E-state index in [1.165, 1.54) is 17.0 Å². The monoisotopic (exact) mass is 617 g/mol. The molecular formula is C34H36ClN3O4S. The highest BCUT2D eigenvalue weighted by Crippen LogP contribution is 2.26. The van der Waals surface area contributed by atoms with Gasteiger partial charge in [0.05, 0.1) is 10.6 Å². The molecular weight excluding hydrogens is 582 g/mol. The fourth-order valence-corrected chi connectivity index (χ4v) is 6.38. The molecule has 0 aliphatic rings. The second-order valence-electron chi connectivity index (χ2n) is 10.3. The van der Waals surface area contributed by atoms with Crippen molar-refractivity contribution in [3.63, 3.8) is 0 Å². The van der Waals surface area contributed by atoms with E-state index in [1.807, 2.05) is 56.3 Å². The van der Waals surface area contributed by atoms with E-state index in [9.17, 15) is 18.0 Å². The lowest BCUT2D eigenvalue weighted by Gasteiger charge is -2.34. The molecule has 0 spiro atoms. The average Bonchev–Trinajstić information content (AvgIpc) is 3.02. The van der Waals surface area contributed by atoms with Crippen molar-refractivity contribution < 1.29 is 18.0 Å². The van der Waals surface area contributed by atoms with Gasteiger partial charge in [-0.2, -0.15) is 0 Å². The van der Waals surface area contributed by atoms with Crippen LogP contribution in [0.4, 0.5) is 5.69 Å². The SMILES string of the molecule is CCCNC(=O)C(Cc1ccccc1)N(Cc1ccccc1Cl)C(=O)CN(c1cccc(C)c1)S(=O)(=O)c1ccccc1. The van der Waals surface area contributed by atoms with Crippen molar-refractivity contribution in [2.75, 3.05) is 17.4 Å². The number of nitrogens with zero attached hydrogens (tertiary/aromatic N) is 2. The number of rotatable bonds is 13. The van der Waals surface area contributed by atoms with Gasteiger partial charge in [0.15, 0.2) is 0 Å². The zero-order chi connectivity index (χ0) is 30.8. The quantitative estimate of drug-likeness (QED) is 0.199. The van der Waals surface area contributed by atoms with Crippen LogP contribution >= 0.6 is 11.6 Å². The van der Waals surface area contributed by atoms with Crippen LogP contribution in [0.1, 0.15) is 30.0 Å². The number of benzene rings is 4. The molecule has 2 amide bonds. The number of hydrogen-bond acceptors (Lipinski definition) is 4. The summed E-state index contributed by atoms with van der Waals surface area (Å²) in [5, 5.41) is 3.38. The van der Waals surface area contributed by atoms with Crippen LogP contribution in [0.25, 0.3) is 0 Å². The summed E-state index contributed by atoms with van der Waals surface area (Å²) >= 11 is 6.53. The van der Waals surface area contributed by atoms with Gasteiger partial charge in [-0.3, -0.25) is 13.9 Å². The number of nitrogens with one attached hydrogen (secondary N) is 1. The number of amides is 2. The Labute approximate surface area is 259 Å². The lowest BCUT2D eigenvalue weighted by Crippen LogP contribution is -2.53. The summed E-state index contributed by atoms with van der Waals surface area (Å²) in [5.74, 6) is -0.854. The van der Waals surface area contributed by atoms with Crippen molar-refractivity contribution in [1.82, 2.24) is 10.2 Å². The lowest BCUT2D eigenvalue weighted by molar-refractivity contribution is -0.140. The zero-order valence-corrected chi connectivity index (χ0v) is 25.9. The van der Waals surface area contributed by atoms with Gasteiger partial charge in [0.25, 0.3) is 10.0 Å². The van der Waals surface area contributed by atoms with E-state index in [0.717, 1.165) is 21.9 Å². The molecule has 0 saturated heterocycles. The summed E-state index contributed by atoms with van der Waals surface area (Å²) in [6.07, 6.45) is 0.959. The second-order valence-corrected chi connectivity index (χ2v) is 12.5. The van der Waals surface area contributed by atoms with Crippen molar-refractivity contribution in [1.29, 1.82) is 0 Å². The molecule has 0 aliphatic carbocycles. The van der Waals surface area contributed by atoms with E-state index in [-0.39, 0.29) is 23.8 Å². The first-order valence-corrected chi connectivity index (χ1v) is 16.0. The Morgan fingerprint density at radius 3 is 2.16 bits per heavy atom. The molecule has 0 aliphatic heterocycles. The molecule has 4 rings (SSSR count). The van der Waals surface area contributed by atoms with Crippen LogP contribution in [0.2, 0.25) is 5.02 Å². The van der Waals surface area contributed by atoms with Gasteiger partial charge in [-0.1, -0.05) is 97.4 Å². The number of halogens is 1. The summed E-state index contributed by atoms with van der Waals surface area (Å²) < 4.78 is 29.1. The Hall–Kier alpha value is -4.14. The molecule has 1 atom stereocenters. The first kappa shape index (κ1) is 31.8. The normalized spacial score (nSPS) is 11.9. The van der Waals surface area contributed by atoms with Crippen LogP contribution in [0, 0.1) is 6.92 Å². The largest absolute Gasteiger partial charge is 0.354 e. The van der Waals surface area contributed by atoms with Crippen LogP contribution in [-0.4, -0.2) is 44.3 Å². The standard InChI is InChI=1S/C34H36ClN3O4S/c1-3-21-36-34(40)32(23-27-14-6-4-7-15-27)37(24-28-16-10-11-20-31(28)35)33(39)25-38(29-17-12-13-26(2)22-29)43(41,42)30-18-8-5-9-19-30/h4-20,22,32H,3,21,23-25H2,1-2H3,(H,36,40). The van der Waals surface area contributed by atoms with E-state index in [0.29, 0.717) is 22.8 Å². The van der Waals surface area contributed by atoms with E-state index in [1.54, 1.807) is 54.6 Å². The maximum atomic E-state index is 14.4. The lowest BCUT2D eigenvalue weighted by atomic mass is 10.0. The van der Waals surface area contributed by atoms with E-state index >= 15 is 0 Å². The molecule has 43 heavy (non-hydrogen) atoms. The molecule has 224 valence electrons. The summed E-state index contributed by atoms with van der Waals surface area (Å²) in [6, 6.07) is 30.6. The summed E-state index contributed by atoms with van der Waals surface area (Å²) in [6.45, 7) is 3.75. The molecule has 0 fully saturated rings. The highest BCUT2D eigenvalue weighted by Gasteiger charge is 2.34. The second kappa shape index (κ2) is 14.8. The number of carbonyl (C=O) groups excluding carboxylic acids is 2. The van der Waals surface area contributed by atoms with Crippen molar-refractivity contribution in [2.45, 2.75) is 44.2 Å². The summed E-state index contributed by atoms with van der Waals surface area (Å²) in [4.78, 5) is 29.6. The molecule has 9 heteroatoms. The van der Waals surface area contributed by atoms with Gasteiger partial charge in [-0.25, -0.2) is 8.42 Å². The van der Waals surface area contributed by atoms with Crippen LogP contribution in [-0.2, 0) is 32.6 Å². The van der Waals surface area contributed by atoms with Crippen molar-refractivity contribution in [3.8, 4) is 0 Å². The van der Waals surface area contributed by atoms with Gasteiger partial charge in [-0.05, 0) is 60.4 Å². The third kappa shape index (κ3) is 8.24. The van der Waals surface area contributed by atoms with E-state index in [4.69, 9.17) is 11.6 Å². The molecule has 0 bridgehead atoms. The number of sulfonamides is 1. The number of anilines is 1. The van der Waals surface area contributed by atoms with Crippen molar-refractivity contribution >= 4 is 39.1 Å². The Kier molecular flexibility index (Phi) is 11.0. The van der Waals surface area contributed by atoms with Crippen LogP contribution in [0.3, 0.4) is 0 Å². The predicted molar refractivity (Wildman–Crippen MR) is 171 cm³/mol. The molecule has 0 radical (unpaired) electrons. The van der Waals surface area contributed by atoms with Crippen LogP contribution in [0.15, 0.2) is 114 Å². The van der Waals surface area contributed by atoms with Crippen molar-refractivity contribution in [2.24, 2.45) is 0 Å². The predicted octanol–water partition coefficient (Wildman–Crippen LogP) is 6.01. The minimum absolute atomic E-state index is 0.0165. The fraction of sp³-hybridized carbons (Fsp3) is 0.235. The van der Waals surface area contributed by atoms with Crippen molar-refractivity contribution in [3.05, 3.63) is 131 Å². The molecule has 7 nitrogen and oxygen atoms in total. The Morgan fingerprint density at radius 1 is 0.860 bits per heavy atom. The maximum Gasteiger partial charge on any atom is 0.264 e. The topological polar surface area (TPSA) is 86.8 Å². The number of aryl methyl sites for hydroxylation is 1. The minimum atomic E-state index is -4.14. The molecule has 0 heterocycles. The molecule has 0 saturated carbocycles. The van der Waals surface area contributed by atoms with Gasteiger partial charge >= 0.3 is 0 Å². The Morgan fingerprint density at radius 2 is 1.51 bits per heavy atom. The average molecular weight is 618 g/mol. The van der Waals surface area contributed by atoms with E-state index in [2.05, 4.69) is 5.32 Å². The zero-order valence-electron chi connectivity index (χ0n) is 24.3. The van der Waals surface area contributed by atoms with Gasteiger partial charge in [0, 0.05) is 24.5 Å². The molecule has 0 aromatic heterocycles. The summed E-state index contributed by atoms with van der Waals surface area (Å²) in [5.41, 5.74) is 2.70. The molecule has 1 unspecified atom stereocenters. The van der Waals surface area contributed by atoms with E-state index < -0.39 is 28.5 Å².